The number of nitrogens with two attached hydrogens (primary N) is 1. The third-order valence-electron chi connectivity index (χ3n) is 5.29. The second kappa shape index (κ2) is 9.23. The first-order chi connectivity index (χ1) is 15.5. The van der Waals surface area contributed by atoms with Gasteiger partial charge in [-0.2, -0.15) is 8.78 Å². The van der Waals surface area contributed by atoms with Crippen molar-refractivity contribution < 1.29 is 13.5 Å². The Hall–Kier alpha value is -3.66. The molecular weight excluding hydrogens is 416 g/mol. The van der Waals surface area contributed by atoms with Crippen LogP contribution in [0.5, 0.6) is 5.88 Å². The molecule has 1 saturated heterocycles. The fourth-order valence-electron chi connectivity index (χ4n) is 3.71. The van der Waals surface area contributed by atoms with Crippen molar-refractivity contribution in [3.05, 3.63) is 66.8 Å². The average Bonchev–Trinajstić information content (AvgIpc) is 3.39. The zero-order chi connectivity index (χ0) is 22.7. The lowest BCUT2D eigenvalue weighted by molar-refractivity contribution is 0.107. The normalized spacial score (nSPS) is 15.5. The Kier molecular flexibility index (Phi) is 6.22. The molecule has 2 aromatic heterocycles. The fraction of sp³-hybridized carbons (Fsp3) is 0.273. The van der Waals surface area contributed by atoms with E-state index in [-0.39, 0.29) is 11.6 Å². The number of hydrazine groups is 1. The lowest BCUT2D eigenvalue weighted by Gasteiger charge is -2.19. The van der Waals surface area contributed by atoms with Crippen LogP contribution in [0.1, 0.15) is 19.8 Å². The smallest absolute Gasteiger partial charge is 0.312 e. The van der Waals surface area contributed by atoms with E-state index in [1.807, 2.05) is 17.4 Å². The summed E-state index contributed by atoms with van der Waals surface area (Å²) in [5.74, 6) is 5.49. The number of fused-ring (bicyclic) bond motifs is 1. The lowest BCUT2D eigenvalue weighted by atomic mass is 10.1. The molecule has 4 N–H and O–H groups in total. The molecule has 0 saturated carbocycles. The second-order valence-corrected chi connectivity index (χ2v) is 7.42. The largest absolute Gasteiger partial charge is 0.467 e. The van der Waals surface area contributed by atoms with Gasteiger partial charge in [-0.15, -0.1) is 5.10 Å². The minimum atomic E-state index is -2.75. The number of nitrogens with zero attached hydrogens (tertiary/aromatic N) is 4. The molecule has 4 rings (SSSR count). The van der Waals surface area contributed by atoms with Crippen LogP contribution in [0.25, 0.3) is 16.9 Å². The molecule has 3 aromatic rings. The van der Waals surface area contributed by atoms with Crippen LogP contribution >= 0.6 is 0 Å². The third kappa shape index (κ3) is 4.50. The number of halogens is 2. The van der Waals surface area contributed by atoms with Crippen molar-refractivity contribution >= 4 is 11.3 Å². The zero-order valence-corrected chi connectivity index (χ0v) is 17.6. The zero-order valence-electron chi connectivity index (χ0n) is 17.6. The monoisotopic (exact) mass is 441 g/mol. The van der Waals surface area contributed by atoms with Gasteiger partial charge in [0, 0.05) is 35.8 Å². The summed E-state index contributed by atoms with van der Waals surface area (Å²) in [6.45, 7) is 3.96. The van der Waals surface area contributed by atoms with Gasteiger partial charge in [0.2, 0.25) is 5.88 Å². The Bertz CT molecular complexity index is 1130. The van der Waals surface area contributed by atoms with E-state index in [0.29, 0.717) is 5.65 Å². The molecule has 0 amide bonds. The van der Waals surface area contributed by atoms with Gasteiger partial charge >= 0.3 is 6.55 Å². The molecule has 0 aliphatic carbocycles. The number of ether oxygens (including phenoxy) is 1. The molecule has 1 aliphatic heterocycles. The minimum absolute atomic E-state index is 0.0920. The van der Waals surface area contributed by atoms with Crippen molar-refractivity contribution in [2.24, 2.45) is 5.84 Å². The summed E-state index contributed by atoms with van der Waals surface area (Å²) >= 11 is 0. The number of benzene rings is 1. The van der Waals surface area contributed by atoms with Gasteiger partial charge in [0.1, 0.15) is 6.10 Å². The Morgan fingerprint density at radius 3 is 2.69 bits per heavy atom. The van der Waals surface area contributed by atoms with E-state index >= 15 is 0 Å². The van der Waals surface area contributed by atoms with Gasteiger partial charge in [-0.3, -0.25) is 5.84 Å². The highest BCUT2D eigenvalue weighted by atomic mass is 19.3. The summed E-state index contributed by atoms with van der Waals surface area (Å²) in [4.78, 5) is 6.62. The maximum absolute atomic E-state index is 12.8. The van der Waals surface area contributed by atoms with E-state index < -0.39 is 12.7 Å². The van der Waals surface area contributed by atoms with Crippen molar-refractivity contribution in [1.29, 1.82) is 0 Å². The Labute approximate surface area is 184 Å². The summed E-state index contributed by atoms with van der Waals surface area (Å²) in [6, 6.07) is 11.5. The van der Waals surface area contributed by atoms with Crippen molar-refractivity contribution in [1.82, 2.24) is 25.3 Å². The first-order valence-electron chi connectivity index (χ1n) is 10.2. The standard InChI is InChI=1S/C22H25F2N7O/c1-14-4-3-11-30(14)17-7-5-16(6-8-17)19-13-26-20-9-10-21(29-31(19)20)32-15(2)18(12-27-25)28-22(23)24/h5-10,12-13,15,22,27-28H,1,3-4,11,25H2,2H3/b18-12-. The summed E-state index contributed by atoms with van der Waals surface area (Å²) in [6.07, 6.45) is 4.34. The summed E-state index contributed by atoms with van der Waals surface area (Å²) in [5.41, 5.74) is 6.94. The van der Waals surface area contributed by atoms with Crippen LogP contribution in [0.4, 0.5) is 14.5 Å². The average molecular weight is 441 g/mol. The minimum Gasteiger partial charge on any atom is -0.467 e. The molecule has 1 aliphatic rings. The first kappa shape index (κ1) is 21.6. The van der Waals surface area contributed by atoms with E-state index in [2.05, 4.69) is 39.1 Å². The number of anilines is 1. The van der Waals surface area contributed by atoms with Gasteiger partial charge in [0.15, 0.2) is 5.65 Å². The van der Waals surface area contributed by atoms with E-state index in [1.54, 1.807) is 29.8 Å². The number of nitrogens with one attached hydrogen (secondary N) is 2. The lowest BCUT2D eigenvalue weighted by Crippen LogP contribution is -2.32. The number of rotatable bonds is 8. The number of hydrogen-bond acceptors (Lipinski definition) is 7. The van der Waals surface area contributed by atoms with Crippen LogP contribution in [0.2, 0.25) is 0 Å². The maximum atomic E-state index is 12.8. The molecule has 10 heteroatoms. The molecule has 0 radical (unpaired) electrons. The van der Waals surface area contributed by atoms with E-state index in [0.717, 1.165) is 42.0 Å². The molecule has 1 aromatic carbocycles. The van der Waals surface area contributed by atoms with Gasteiger partial charge in [-0.05, 0) is 38.0 Å². The third-order valence-corrected chi connectivity index (χ3v) is 5.29. The number of hydrogen-bond donors (Lipinski definition) is 3. The van der Waals surface area contributed by atoms with Gasteiger partial charge in [0.05, 0.1) is 17.6 Å². The maximum Gasteiger partial charge on any atom is 0.312 e. The van der Waals surface area contributed by atoms with Crippen LogP contribution in [0.3, 0.4) is 0 Å². The van der Waals surface area contributed by atoms with Crippen LogP contribution in [0, 0.1) is 0 Å². The van der Waals surface area contributed by atoms with Gasteiger partial charge < -0.3 is 20.4 Å². The molecular formula is C22H25F2N7O. The molecule has 168 valence electrons. The van der Waals surface area contributed by atoms with Gasteiger partial charge in [-0.1, -0.05) is 18.7 Å². The molecule has 8 nitrogen and oxygen atoms in total. The number of imidazole rings is 1. The molecule has 1 unspecified atom stereocenters. The second-order valence-electron chi connectivity index (χ2n) is 7.42. The number of allylic oxidation sites excluding steroid dienone is 1. The Balaban J connectivity index is 1.57. The molecule has 3 heterocycles. The molecule has 32 heavy (non-hydrogen) atoms. The quantitative estimate of drug-likeness (QED) is 0.280. The Morgan fingerprint density at radius 1 is 1.25 bits per heavy atom. The van der Waals surface area contributed by atoms with E-state index in [1.165, 1.54) is 6.20 Å². The molecule has 0 bridgehead atoms. The summed E-state index contributed by atoms with van der Waals surface area (Å²) in [7, 11) is 0. The SMILES string of the molecule is C=C1CCCN1c1ccc(-c2cnc3ccc(OC(C)/C(=C/NN)NC(F)F)nn23)cc1. The number of alkyl halides is 2. The highest BCUT2D eigenvalue weighted by molar-refractivity contribution is 5.67. The predicted octanol–water partition coefficient (Wildman–Crippen LogP) is 3.39. The topological polar surface area (TPSA) is 92.7 Å². The number of aromatic nitrogens is 3. The molecule has 1 atom stereocenters. The van der Waals surface area contributed by atoms with Crippen LogP contribution in [-0.4, -0.2) is 33.8 Å². The van der Waals surface area contributed by atoms with Crippen LogP contribution in [-0.2, 0) is 0 Å². The summed E-state index contributed by atoms with van der Waals surface area (Å²) in [5, 5.41) is 6.50. The fourth-order valence-corrected chi connectivity index (χ4v) is 3.71. The van der Waals surface area contributed by atoms with Crippen molar-refractivity contribution in [3.8, 4) is 17.1 Å². The van der Waals surface area contributed by atoms with E-state index in [4.69, 9.17) is 10.6 Å². The molecule has 0 spiro atoms. The highest BCUT2D eigenvalue weighted by Gasteiger charge is 2.18. The van der Waals surface area contributed by atoms with Crippen LogP contribution < -0.4 is 26.2 Å². The van der Waals surface area contributed by atoms with Gasteiger partial charge in [0.25, 0.3) is 0 Å². The predicted molar refractivity (Wildman–Crippen MR) is 119 cm³/mol. The van der Waals surface area contributed by atoms with E-state index in [9.17, 15) is 8.78 Å². The summed E-state index contributed by atoms with van der Waals surface area (Å²) < 4.78 is 32.9. The first-order valence-corrected chi connectivity index (χ1v) is 10.2. The van der Waals surface area contributed by atoms with Crippen molar-refractivity contribution in [2.75, 3.05) is 11.4 Å². The molecule has 1 fully saturated rings. The van der Waals surface area contributed by atoms with Crippen molar-refractivity contribution in [2.45, 2.75) is 32.4 Å². The van der Waals surface area contributed by atoms with Crippen molar-refractivity contribution in [3.63, 3.8) is 0 Å². The van der Waals surface area contributed by atoms with Crippen LogP contribution in [0.15, 0.2) is 66.8 Å². The van der Waals surface area contributed by atoms with Gasteiger partial charge in [-0.25, -0.2) is 9.50 Å². The highest BCUT2D eigenvalue weighted by Crippen LogP contribution is 2.30. The Morgan fingerprint density at radius 2 is 2.03 bits per heavy atom.